The number of aliphatic carboxylic acids is 1. The van der Waals surface area contributed by atoms with Crippen LogP contribution < -0.4 is 0 Å². The monoisotopic (exact) mass is 222 g/mol. The van der Waals surface area contributed by atoms with Gasteiger partial charge in [0.25, 0.3) is 0 Å². The molecule has 0 aliphatic rings. The van der Waals surface area contributed by atoms with Gasteiger partial charge in [0.05, 0.1) is 5.75 Å². The second-order valence-corrected chi connectivity index (χ2v) is 6.07. The summed E-state index contributed by atoms with van der Waals surface area (Å²) in [6.07, 6.45) is 1.73. The molecule has 5 heteroatoms. The van der Waals surface area contributed by atoms with Gasteiger partial charge < -0.3 is 5.11 Å². The zero-order valence-electron chi connectivity index (χ0n) is 8.86. The van der Waals surface area contributed by atoms with Gasteiger partial charge >= 0.3 is 5.97 Å². The van der Waals surface area contributed by atoms with Gasteiger partial charge in [-0.15, -0.1) is 0 Å². The third-order valence-corrected chi connectivity index (χ3v) is 4.50. The summed E-state index contributed by atoms with van der Waals surface area (Å²) in [7, 11) is -3.48. The van der Waals surface area contributed by atoms with Gasteiger partial charge in [-0.1, -0.05) is 26.7 Å². The van der Waals surface area contributed by atoms with E-state index in [1.165, 1.54) is 6.92 Å². The van der Waals surface area contributed by atoms with Crippen LogP contribution in [0.25, 0.3) is 0 Å². The highest BCUT2D eigenvalue weighted by Gasteiger charge is 2.28. The molecule has 2 unspecified atom stereocenters. The zero-order valence-corrected chi connectivity index (χ0v) is 9.67. The summed E-state index contributed by atoms with van der Waals surface area (Å²) < 4.78 is 23.0. The smallest absolute Gasteiger partial charge is 0.321 e. The lowest BCUT2D eigenvalue weighted by Crippen LogP contribution is -2.31. The van der Waals surface area contributed by atoms with E-state index >= 15 is 0 Å². The molecule has 0 saturated carbocycles. The van der Waals surface area contributed by atoms with Gasteiger partial charge in [0.2, 0.25) is 0 Å². The Bertz CT molecular complexity index is 281. The molecule has 0 aromatic heterocycles. The quantitative estimate of drug-likeness (QED) is 0.735. The minimum Gasteiger partial charge on any atom is -0.480 e. The van der Waals surface area contributed by atoms with Gasteiger partial charge in [-0.2, -0.15) is 0 Å². The normalized spacial score (nSPS) is 16.2. The summed E-state index contributed by atoms with van der Waals surface area (Å²) in [4.78, 5) is 10.5. The Hall–Kier alpha value is -0.580. The molecular formula is C9H18O4S. The Balaban J connectivity index is 4.42. The number of carboxylic acids is 1. The van der Waals surface area contributed by atoms with E-state index in [-0.39, 0.29) is 11.7 Å². The van der Waals surface area contributed by atoms with Crippen LogP contribution in [0.15, 0.2) is 0 Å². The van der Waals surface area contributed by atoms with Crippen LogP contribution in [-0.2, 0) is 14.6 Å². The van der Waals surface area contributed by atoms with Crippen molar-refractivity contribution in [3.05, 3.63) is 0 Å². The third-order valence-electron chi connectivity index (χ3n) is 2.18. The van der Waals surface area contributed by atoms with Crippen molar-refractivity contribution in [2.75, 3.05) is 5.75 Å². The van der Waals surface area contributed by atoms with Crippen LogP contribution in [-0.4, -0.2) is 30.5 Å². The molecule has 4 nitrogen and oxygen atoms in total. The van der Waals surface area contributed by atoms with Crippen LogP contribution in [0.4, 0.5) is 0 Å². The summed E-state index contributed by atoms with van der Waals surface area (Å²) in [5.41, 5.74) is 0. The molecular weight excluding hydrogens is 204 g/mol. The van der Waals surface area contributed by atoms with Gasteiger partial charge in [0.1, 0.15) is 0 Å². The second-order valence-electron chi connectivity index (χ2n) is 3.70. The van der Waals surface area contributed by atoms with Gasteiger partial charge in [0.15, 0.2) is 15.1 Å². The number of carbonyl (C=O) groups is 1. The van der Waals surface area contributed by atoms with Crippen molar-refractivity contribution in [1.29, 1.82) is 0 Å². The number of rotatable bonds is 6. The standard InChI is InChI=1S/C9H18O4S/c1-4-5-7(2)6-14(12,13)8(3)9(10)11/h7-8H,4-6H2,1-3H3,(H,10,11). The Morgan fingerprint density at radius 2 is 1.86 bits per heavy atom. The van der Waals surface area contributed by atoms with E-state index < -0.39 is 21.1 Å². The van der Waals surface area contributed by atoms with Crippen LogP contribution in [0.2, 0.25) is 0 Å². The van der Waals surface area contributed by atoms with E-state index in [9.17, 15) is 13.2 Å². The van der Waals surface area contributed by atoms with E-state index in [1.54, 1.807) is 0 Å². The highest BCUT2D eigenvalue weighted by molar-refractivity contribution is 7.92. The summed E-state index contributed by atoms with van der Waals surface area (Å²) in [6.45, 7) is 5.02. The highest BCUT2D eigenvalue weighted by Crippen LogP contribution is 2.12. The highest BCUT2D eigenvalue weighted by atomic mass is 32.2. The van der Waals surface area contributed by atoms with Crippen molar-refractivity contribution in [3.8, 4) is 0 Å². The van der Waals surface area contributed by atoms with E-state index in [1.807, 2.05) is 13.8 Å². The lowest BCUT2D eigenvalue weighted by molar-refractivity contribution is -0.136. The molecule has 0 heterocycles. The maximum atomic E-state index is 11.5. The Morgan fingerprint density at radius 1 is 1.36 bits per heavy atom. The molecule has 0 aromatic carbocycles. The maximum absolute atomic E-state index is 11.5. The lowest BCUT2D eigenvalue weighted by Gasteiger charge is -2.13. The topological polar surface area (TPSA) is 71.4 Å². The van der Waals surface area contributed by atoms with Crippen LogP contribution >= 0.6 is 0 Å². The van der Waals surface area contributed by atoms with Crippen LogP contribution in [0, 0.1) is 5.92 Å². The van der Waals surface area contributed by atoms with Gasteiger partial charge in [-0.3, -0.25) is 4.79 Å². The summed E-state index contributed by atoms with van der Waals surface area (Å²) >= 11 is 0. The van der Waals surface area contributed by atoms with E-state index in [2.05, 4.69) is 0 Å². The van der Waals surface area contributed by atoms with Crippen molar-refractivity contribution in [3.63, 3.8) is 0 Å². The molecule has 0 bridgehead atoms. The van der Waals surface area contributed by atoms with Crippen LogP contribution in [0.3, 0.4) is 0 Å². The Morgan fingerprint density at radius 3 is 2.21 bits per heavy atom. The maximum Gasteiger partial charge on any atom is 0.321 e. The zero-order chi connectivity index (χ0) is 11.4. The number of carboxylic acid groups (broad SMARTS) is 1. The summed E-state index contributed by atoms with van der Waals surface area (Å²) in [5, 5.41) is 7.29. The average molecular weight is 222 g/mol. The first kappa shape index (κ1) is 13.4. The second kappa shape index (κ2) is 5.34. The number of hydrogen-bond acceptors (Lipinski definition) is 3. The first-order chi connectivity index (χ1) is 6.31. The van der Waals surface area contributed by atoms with Crippen molar-refractivity contribution in [2.24, 2.45) is 5.92 Å². The Labute approximate surface area is 85.2 Å². The molecule has 0 aromatic rings. The Kier molecular flexibility index (Phi) is 5.12. The first-order valence-electron chi connectivity index (χ1n) is 4.75. The van der Waals surface area contributed by atoms with Gasteiger partial charge in [0, 0.05) is 0 Å². The molecule has 2 atom stereocenters. The molecule has 84 valence electrons. The number of sulfone groups is 1. The lowest BCUT2D eigenvalue weighted by atomic mass is 10.1. The van der Waals surface area contributed by atoms with Gasteiger partial charge in [-0.05, 0) is 12.8 Å². The van der Waals surface area contributed by atoms with E-state index in [0.717, 1.165) is 12.8 Å². The molecule has 0 aliphatic carbocycles. The molecule has 0 spiro atoms. The summed E-state index contributed by atoms with van der Waals surface area (Å²) in [5.74, 6) is -1.27. The first-order valence-corrected chi connectivity index (χ1v) is 6.47. The molecule has 0 rings (SSSR count). The molecule has 0 aliphatic heterocycles. The fourth-order valence-electron chi connectivity index (χ4n) is 1.27. The minimum absolute atomic E-state index is 0.0334. The van der Waals surface area contributed by atoms with E-state index in [0.29, 0.717) is 0 Å². The molecule has 0 fully saturated rings. The number of hydrogen-bond donors (Lipinski definition) is 1. The largest absolute Gasteiger partial charge is 0.480 e. The fraction of sp³-hybridized carbons (Fsp3) is 0.889. The van der Waals surface area contributed by atoms with Gasteiger partial charge in [-0.25, -0.2) is 8.42 Å². The SMILES string of the molecule is CCCC(C)CS(=O)(=O)C(C)C(=O)O. The van der Waals surface area contributed by atoms with Crippen molar-refractivity contribution in [1.82, 2.24) is 0 Å². The minimum atomic E-state index is -3.48. The molecule has 0 radical (unpaired) electrons. The van der Waals surface area contributed by atoms with E-state index in [4.69, 9.17) is 5.11 Å². The molecule has 0 amide bonds. The van der Waals surface area contributed by atoms with Crippen LogP contribution in [0.5, 0.6) is 0 Å². The van der Waals surface area contributed by atoms with Crippen molar-refractivity contribution in [2.45, 2.75) is 38.9 Å². The van der Waals surface area contributed by atoms with Crippen molar-refractivity contribution < 1.29 is 18.3 Å². The fourth-order valence-corrected chi connectivity index (χ4v) is 2.83. The molecule has 14 heavy (non-hydrogen) atoms. The molecule has 0 saturated heterocycles. The third kappa shape index (κ3) is 4.09. The average Bonchev–Trinajstić information content (AvgIpc) is 2.02. The molecule has 1 N–H and O–H groups in total. The van der Waals surface area contributed by atoms with Crippen molar-refractivity contribution >= 4 is 15.8 Å². The summed E-state index contributed by atoms with van der Waals surface area (Å²) in [6, 6.07) is 0. The predicted molar refractivity (Wildman–Crippen MR) is 55.0 cm³/mol. The predicted octanol–water partition coefficient (Wildman–Crippen LogP) is 1.31. The van der Waals surface area contributed by atoms with Crippen LogP contribution in [0.1, 0.15) is 33.6 Å².